The lowest BCUT2D eigenvalue weighted by molar-refractivity contribution is -0.163. The summed E-state index contributed by atoms with van der Waals surface area (Å²) >= 11 is 0. The number of alkyl halides is 6. The van der Waals surface area contributed by atoms with E-state index in [1.165, 1.54) is 0 Å². The largest absolute Gasteiger partial charge is 0.418 e. The van der Waals surface area contributed by atoms with Crippen molar-refractivity contribution in [1.29, 1.82) is 5.26 Å². The zero-order valence-corrected chi connectivity index (χ0v) is 8.52. The van der Waals surface area contributed by atoms with Crippen molar-refractivity contribution in [2.75, 3.05) is 0 Å². The van der Waals surface area contributed by atoms with Crippen LogP contribution in [-0.2, 0) is 19.0 Å². The molecular formula is C10H5F6NO. The van der Waals surface area contributed by atoms with Crippen molar-refractivity contribution in [3.05, 3.63) is 34.4 Å². The van der Waals surface area contributed by atoms with E-state index in [2.05, 4.69) is 0 Å². The van der Waals surface area contributed by atoms with Crippen LogP contribution in [0, 0.1) is 11.3 Å². The van der Waals surface area contributed by atoms with Gasteiger partial charge in [-0.1, -0.05) is 6.07 Å². The molecule has 0 saturated heterocycles. The van der Waals surface area contributed by atoms with E-state index in [1.807, 2.05) is 0 Å². The summed E-state index contributed by atoms with van der Waals surface area (Å²) in [6.45, 7) is -1.20. The first kappa shape index (κ1) is 14.3. The zero-order chi connectivity index (χ0) is 14.1. The lowest BCUT2D eigenvalue weighted by Gasteiger charge is -2.19. The SMILES string of the molecule is N#Cc1ccc(CO)c(C(F)(F)F)c1C(F)(F)F. The van der Waals surface area contributed by atoms with Gasteiger partial charge in [0.25, 0.3) is 0 Å². The molecule has 0 aliphatic carbocycles. The molecule has 18 heavy (non-hydrogen) atoms. The van der Waals surface area contributed by atoms with Crippen LogP contribution in [0.1, 0.15) is 22.3 Å². The van der Waals surface area contributed by atoms with Crippen LogP contribution >= 0.6 is 0 Å². The number of benzene rings is 1. The van der Waals surface area contributed by atoms with E-state index in [-0.39, 0.29) is 0 Å². The van der Waals surface area contributed by atoms with Crippen molar-refractivity contribution >= 4 is 0 Å². The molecule has 0 unspecified atom stereocenters. The maximum absolute atomic E-state index is 12.6. The third kappa shape index (κ3) is 2.56. The molecular weight excluding hydrogens is 264 g/mol. The summed E-state index contributed by atoms with van der Waals surface area (Å²) in [7, 11) is 0. The van der Waals surface area contributed by atoms with Gasteiger partial charge >= 0.3 is 12.4 Å². The number of hydrogen-bond donors (Lipinski definition) is 1. The smallest absolute Gasteiger partial charge is 0.392 e. The Morgan fingerprint density at radius 3 is 1.83 bits per heavy atom. The highest BCUT2D eigenvalue weighted by molar-refractivity contribution is 5.49. The predicted octanol–water partition coefficient (Wildman–Crippen LogP) is 3.09. The fourth-order valence-corrected chi connectivity index (χ4v) is 1.49. The van der Waals surface area contributed by atoms with Gasteiger partial charge in [0.15, 0.2) is 0 Å². The summed E-state index contributed by atoms with van der Waals surface area (Å²) in [5, 5.41) is 17.1. The summed E-state index contributed by atoms with van der Waals surface area (Å²) in [6, 6.07) is 2.31. The topological polar surface area (TPSA) is 44.0 Å². The Hall–Kier alpha value is -1.75. The van der Waals surface area contributed by atoms with E-state index in [9.17, 15) is 26.3 Å². The second-order valence-corrected chi connectivity index (χ2v) is 3.29. The lowest BCUT2D eigenvalue weighted by atomic mass is 9.95. The van der Waals surface area contributed by atoms with Gasteiger partial charge in [0.05, 0.1) is 29.4 Å². The average Bonchev–Trinajstić information content (AvgIpc) is 2.24. The third-order valence-electron chi connectivity index (χ3n) is 2.15. The molecule has 0 aliphatic heterocycles. The second-order valence-electron chi connectivity index (χ2n) is 3.29. The maximum Gasteiger partial charge on any atom is 0.418 e. The molecule has 0 bridgehead atoms. The first-order valence-electron chi connectivity index (χ1n) is 4.44. The van der Waals surface area contributed by atoms with E-state index in [0.29, 0.717) is 12.1 Å². The monoisotopic (exact) mass is 269 g/mol. The Balaban J connectivity index is 3.78. The van der Waals surface area contributed by atoms with Gasteiger partial charge in [0, 0.05) is 0 Å². The number of halogens is 6. The van der Waals surface area contributed by atoms with E-state index in [4.69, 9.17) is 10.4 Å². The molecule has 8 heteroatoms. The molecule has 0 spiro atoms. The zero-order valence-electron chi connectivity index (χ0n) is 8.52. The molecule has 0 atom stereocenters. The minimum Gasteiger partial charge on any atom is -0.392 e. The number of rotatable bonds is 1. The molecule has 0 aliphatic rings. The molecule has 0 radical (unpaired) electrons. The van der Waals surface area contributed by atoms with Crippen LogP contribution in [-0.4, -0.2) is 5.11 Å². The molecule has 98 valence electrons. The predicted molar refractivity (Wildman–Crippen MR) is 47.1 cm³/mol. The van der Waals surface area contributed by atoms with Crippen molar-refractivity contribution in [2.24, 2.45) is 0 Å². The summed E-state index contributed by atoms with van der Waals surface area (Å²) < 4.78 is 75.7. The summed E-state index contributed by atoms with van der Waals surface area (Å²) in [5.41, 5.74) is -6.14. The first-order valence-corrected chi connectivity index (χ1v) is 4.44. The minimum absolute atomic E-state index is 0.601. The highest BCUT2D eigenvalue weighted by Crippen LogP contribution is 2.43. The molecule has 0 saturated carbocycles. The minimum atomic E-state index is -5.33. The van der Waals surface area contributed by atoms with E-state index >= 15 is 0 Å². The van der Waals surface area contributed by atoms with Crippen molar-refractivity contribution in [1.82, 2.24) is 0 Å². The van der Waals surface area contributed by atoms with E-state index < -0.39 is 41.2 Å². The van der Waals surface area contributed by atoms with Crippen LogP contribution in [0.2, 0.25) is 0 Å². The number of aliphatic hydroxyl groups is 1. The van der Waals surface area contributed by atoms with Gasteiger partial charge < -0.3 is 5.11 Å². The molecule has 1 aromatic carbocycles. The Morgan fingerprint density at radius 1 is 1.00 bits per heavy atom. The highest BCUT2D eigenvalue weighted by atomic mass is 19.4. The Labute approximate surface area is 97.1 Å². The average molecular weight is 269 g/mol. The second kappa shape index (κ2) is 4.49. The first-order chi connectivity index (χ1) is 8.12. The molecule has 1 aromatic rings. The van der Waals surface area contributed by atoms with Crippen LogP contribution in [0.5, 0.6) is 0 Å². The lowest BCUT2D eigenvalue weighted by Crippen LogP contribution is -2.20. The summed E-state index contributed by atoms with van der Waals surface area (Å²) in [5.74, 6) is 0. The van der Waals surface area contributed by atoms with E-state index in [1.54, 1.807) is 0 Å². The van der Waals surface area contributed by atoms with Crippen molar-refractivity contribution in [3.63, 3.8) is 0 Å². The van der Waals surface area contributed by atoms with Gasteiger partial charge in [-0.25, -0.2) is 0 Å². The summed E-state index contributed by atoms with van der Waals surface area (Å²) in [6.07, 6.45) is -10.6. The van der Waals surface area contributed by atoms with Crippen LogP contribution < -0.4 is 0 Å². The number of nitriles is 1. The number of hydrogen-bond acceptors (Lipinski definition) is 2. The molecule has 0 amide bonds. The number of nitrogens with zero attached hydrogens (tertiary/aromatic N) is 1. The molecule has 0 fully saturated rings. The Bertz CT molecular complexity index is 497. The fraction of sp³-hybridized carbons (Fsp3) is 0.300. The standard InChI is InChI=1S/C10H5F6NO/c11-9(12,13)7-5(3-17)1-2-6(4-18)8(7)10(14,15)16/h1-2,18H,4H2. The normalized spacial score (nSPS) is 12.3. The maximum atomic E-state index is 12.6. The Morgan fingerprint density at radius 2 is 1.50 bits per heavy atom. The molecule has 1 N–H and O–H groups in total. The molecule has 0 heterocycles. The van der Waals surface area contributed by atoms with Gasteiger partial charge in [-0.2, -0.15) is 31.6 Å². The van der Waals surface area contributed by atoms with Crippen LogP contribution in [0.25, 0.3) is 0 Å². The van der Waals surface area contributed by atoms with Crippen LogP contribution in [0.15, 0.2) is 12.1 Å². The van der Waals surface area contributed by atoms with Gasteiger partial charge in [0.1, 0.15) is 0 Å². The van der Waals surface area contributed by atoms with Gasteiger partial charge in [-0.05, 0) is 11.6 Å². The molecule has 0 aromatic heterocycles. The fourth-order valence-electron chi connectivity index (χ4n) is 1.49. The van der Waals surface area contributed by atoms with Crippen LogP contribution in [0.4, 0.5) is 26.3 Å². The van der Waals surface area contributed by atoms with Gasteiger partial charge in [-0.15, -0.1) is 0 Å². The quantitative estimate of drug-likeness (QED) is 0.796. The summed E-state index contributed by atoms with van der Waals surface area (Å²) in [4.78, 5) is 0. The van der Waals surface area contributed by atoms with Gasteiger partial charge in [0.2, 0.25) is 0 Å². The Kier molecular flexibility index (Phi) is 3.57. The molecule has 2 nitrogen and oxygen atoms in total. The van der Waals surface area contributed by atoms with E-state index in [0.717, 1.165) is 6.07 Å². The highest BCUT2D eigenvalue weighted by Gasteiger charge is 2.46. The van der Waals surface area contributed by atoms with Gasteiger partial charge in [-0.3, -0.25) is 0 Å². The van der Waals surface area contributed by atoms with Crippen molar-refractivity contribution < 1.29 is 31.4 Å². The molecule has 1 rings (SSSR count). The third-order valence-corrected chi connectivity index (χ3v) is 2.15. The van der Waals surface area contributed by atoms with Crippen LogP contribution in [0.3, 0.4) is 0 Å². The number of aliphatic hydroxyl groups excluding tert-OH is 1. The van der Waals surface area contributed by atoms with Crippen molar-refractivity contribution in [2.45, 2.75) is 19.0 Å². The van der Waals surface area contributed by atoms with Crippen molar-refractivity contribution in [3.8, 4) is 6.07 Å².